The van der Waals surface area contributed by atoms with Gasteiger partial charge in [0.25, 0.3) is 5.56 Å². The number of hydrogen-bond donors (Lipinski definition) is 1. The summed E-state index contributed by atoms with van der Waals surface area (Å²) in [5.41, 5.74) is 0.496. The van der Waals surface area contributed by atoms with Gasteiger partial charge in [0.1, 0.15) is 5.52 Å². The SMILES string of the molecule is COc1ccc(NC(=O)CCn2nnc3ccccc3c2=O)cc1F. The fourth-order valence-electron chi connectivity index (χ4n) is 2.34. The lowest BCUT2D eigenvalue weighted by atomic mass is 10.2. The van der Waals surface area contributed by atoms with Crippen LogP contribution in [-0.2, 0) is 11.3 Å². The van der Waals surface area contributed by atoms with Gasteiger partial charge in [-0.1, -0.05) is 17.3 Å². The van der Waals surface area contributed by atoms with Crippen LogP contribution >= 0.6 is 0 Å². The number of nitrogens with one attached hydrogen (secondary N) is 1. The number of halogens is 1. The smallest absolute Gasteiger partial charge is 0.277 e. The number of carbonyl (C=O) groups excluding carboxylic acids is 1. The van der Waals surface area contributed by atoms with Crippen LogP contribution in [0.15, 0.2) is 47.3 Å². The van der Waals surface area contributed by atoms with Crippen molar-refractivity contribution in [2.24, 2.45) is 0 Å². The maximum absolute atomic E-state index is 13.6. The molecule has 0 atom stereocenters. The number of aromatic nitrogens is 3. The molecule has 0 saturated carbocycles. The zero-order chi connectivity index (χ0) is 17.8. The number of hydrogen-bond acceptors (Lipinski definition) is 5. The van der Waals surface area contributed by atoms with E-state index in [2.05, 4.69) is 15.6 Å². The molecule has 3 aromatic rings. The Morgan fingerprint density at radius 1 is 1.28 bits per heavy atom. The molecule has 0 aliphatic heterocycles. The first-order chi connectivity index (χ1) is 12.1. The standard InChI is InChI=1S/C17H15FN4O3/c1-25-15-7-6-11(10-13(15)18)19-16(23)8-9-22-17(24)12-4-2-3-5-14(12)20-21-22/h2-7,10H,8-9H2,1H3,(H,19,23). The third-order valence-electron chi connectivity index (χ3n) is 3.62. The van der Waals surface area contributed by atoms with E-state index in [9.17, 15) is 14.0 Å². The van der Waals surface area contributed by atoms with Crippen LogP contribution in [0, 0.1) is 5.82 Å². The number of amides is 1. The highest BCUT2D eigenvalue weighted by atomic mass is 19.1. The second-order valence-electron chi connectivity index (χ2n) is 5.28. The Bertz CT molecular complexity index is 987. The van der Waals surface area contributed by atoms with Crippen molar-refractivity contribution in [2.75, 3.05) is 12.4 Å². The Morgan fingerprint density at radius 3 is 2.84 bits per heavy atom. The minimum Gasteiger partial charge on any atom is -0.494 e. The van der Waals surface area contributed by atoms with Crippen LogP contribution in [0.2, 0.25) is 0 Å². The summed E-state index contributed by atoms with van der Waals surface area (Å²) in [6, 6.07) is 11.0. The molecule has 7 nitrogen and oxygen atoms in total. The number of carbonyl (C=O) groups is 1. The van der Waals surface area contributed by atoms with Crippen LogP contribution in [0.1, 0.15) is 6.42 Å². The number of nitrogens with zero attached hydrogens (tertiary/aromatic N) is 3. The third kappa shape index (κ3) is 3.63. The van der Waals surface area contributed by atoms with Gasteiger partial charge in [-0.05, 0) is 24.3 Å². The Morgan fingerprint density at radius 2 is 2.08 bits per heavy atom. The van der Waals surface area contributed by atoms with Crippen molar-refractivity contribution in [3.05, 3.63) is 58.6 Å². The molecule has 0 bridgehead atoms. The molecule has 8 heteroatoms. The molecule has 0 fully saturated rings. The van der Waals surface area contributed by atoms with E-state index in [1.54, 1.807) is 24.3 Å². The molecule has 1 aromatic heterocycles. The molecule has 0 spiro atoms. The number of benzene rings is 2. The molecule has 25 heavy (non-hydrogen) atoms. The minimum atomic E-state index is -0.572. The quantitative estimate of drug-likeness (QED) is 0.766. The fourth-order valence-corrected chi connectivity index (χ4v) is 2.34. The van der Waals surface area contributed by atoms with Gasteiger partial charge in [-0.15, -0.1) is 5.10 Å². The maximum Gasteiger partial charge on any atom is 0.277 e. The Kier molecular flexibility index (Phi) is 4.69. The summed E-state index contributed by atoms with van der Waals surface area (Å²) in [7, 11) is 1.36. The highest BCUT2D eigenvalue weighted by molar-refractivity contribution is 5.90. The van der Waals surface area contributed by atoms with E-state index in [0.29, 0.717) is 16.6 Å². The molecule has 0 saturated heterocycles. The van der Waals surface area contributed by atoms with Crippen LogP contribution < -0.4 is 15.6 Å². The molecular weight excluding hydrogens is 327 g/mol. The summed E-state index contributed by atoms with van der Waals surface area (Å²) in [5, 5.41) is 10.8. The molecule has 0 aliphatic carbocycles. The summed E-state index contributed by atoms with van der Waals surface area (Å²) in [6.45, 7) is 0.0706. The highest BCUT2D eigenvalue weighted by Crippen LogP contribution is 2.20. The average molecular weight is 342 g/mol. The molecule has 128 valence electrons. The molecule has 2 aromatic carbocycles. The van der Waals surface area contributed by atoms with E-state index < -0.39 is 5.82 Å². The molecular formula is C17H15FN4O3. The van der Waals surface area contributed by atoms with E-state index in [1.165, 1.54) is 25.3 Å². The van der Waals surface area contributed by atoms with Crippen LogP contribution in [0.5, 0.6) is 5.75 Å². The zero-order valence-electron chi connectivity index (χ0n) is 13.4. The monoisotopic (exact) mass is 342 g/mol. The summed E-state index contributed by atoms with van der Waals surface area (Å²) >= 11 is 0. The Hall–Kier alpha value is -3.29. The number of anilines is 1. The maximum atomic E-state index is 13.6. The first kappa shape index (κ1) is 16.6. The largest absolute Gasteiger partial charge is 0.494 e. The second-order valence-corrected chi connectivity index (χ2v) is 5.28. The van der Waals surface area contributed by atoms with Gasteiger partial charge in [-0.3, -0.25) is 9.59 Å². The van der Waals surface area contributed by atoms with E-state index in [0.717, 1.165) is 4.68 Å². The summed E-state index contributed by atoms with van der Waals surface area (Å²) in [4.78, 5) is 24.3. The van der Waals surface area contributed by atoms with E-state index in [4.69, 9.17) is 4.74 Å². The molecule has 0 aliphatic rings. The molecule has 1 heterocycles. The predicted octanol–water partition coefficient (Wildman–Crippen LogP) is 1.97. The van der Waals surface area contributed by atoms with Gasteiger partial charge in [0.15, 0.2) is 11.6 Å². The molecule has 0 radical (unpaired) electrons. The topological polar surface area (TPSA) is 86.1 Å². The van der Waals surface area contributed by atoms with Gasteiger partial charge < -0.3 is 10.1 Å². The van der Waals surface area contributed by atoms with Crippen LogP contribution in [0.4, 0.5) is 10.1 Å². The van der Waals surface area contributed by atoms with Crippen LogP contribution in [0.25, 0.3) is 10.9 Å². The second kappa shape index (κ2) is 7.08. The van der Waals surface area contributed by atoms with Crippen molar-refractivity contribution in [3.8, 4) is 5.75 Å². The molecule has 3 rings (SSSR count). The van der Waals surface area contributed by atoms with Crippen molar-refractivity contribution in [1.29, 1.82) is 0 Å². The van der Waals surface area contributed by atoms with Crippen molar-refractivity contribution in [1.82, 2.24) is 15.0 Å². The van der Waals surface area contributed by atoms with Crippen molar-refractivity contribution in [2.45, 2.75) is 13.0 Å². The summed E-state index contributed by atoms with van der Waals surface area (Å²) in [6.07, 6.45) is 0.000571. The van der Waals surface area contributed by atoms with Gasteiger partial charge in [0, 0.05) is 18.2 Å². The average Bonchev–Trinajstić information content (AvgIpc) is 2.61. The van der Waals surface area contributed by atoms with Gasteiger partial charge in [-0.25, -0.2) is 9.07 Å². The van der Waals surface area contributed by atoms with Gasteiger partial charge in [0.2, 0.25) is 5.91 Å². The molecule has 1 amide bonds. The lowest BCUT2D eigenvalue weighted by Gasteiger charge is -2.08. The summed E-state index contributed by atoms with van der Waals surface area (Å²) < 4.78 is 19.6. The van der Waals surface area contributed by atoms with Crippen molar-refractivity contribution < 1.29 is 13.9 Å². The van der Waals surface area contributed by atoms with Gasteiger partial charge in [-0.2, -0.15) is 0 Å². The highest BCUT2D eigenvalue weighted by Gasteiger charge is 2.09. The number of aryl methyl sites for hydroxylation is 1. The lowest BCUT2D eigenvalue weighted by molar-refractivity contribution is -0.116. The van der Waals surface area contributed by atoms with Gasteiger partial charge in [0.05, 0.1) is 19.0 Å². The third-order valence-corrected chi connectivity index (χ3v) is 3.62. The number of fused-ring (bicyclic) bond motifs is 1. The normalized spacial score (nSPS) is 10.6. The molecule has 0 unspecified atom stereocenters. The number of ether oxygens (including phenoxy) is 1. The predicted molar refractivity (Wildman–Crippen MR) is 90.0 cm³/mol. The molecule has 1 N–H and O–H groups in total. The minimum absolute atomic E-state index is 0.000571. The Labute approximate surface area is 142 Å². The zero-order valence-corrected chi connectivity index (χ0v) is 13.4. The van der Waals surface area contributed by atoms with Crippen molar-refractivity contribution >= 4 is 22.5 Å². The first-order valence-corrected chi connectivity index (χ1v) is 7.54. The van der Waals surface area contributed by atoms with Crippen LogP contribution in [-0.4, -0.2) is 28.0 Å². The number of methoxy groups -OCH3 is 1. The van der Waals surface area contributed by atoms with E-state index >= 15 is 0 Å². The van der Waals surface area contributed by atoms with E-state index in [-0.39, 0.29) is 30.2 Å². The Balaban J connectivity index is 1.67. The van der Waals surface area contributed by atoms with E-state index in [1.807, 2.05) is 0 Å². The number of rotatable bonds is 5. The van der Waals surface area contributed by atoms with Crippen LogP contribution in [0.3, 0.4) is 0 Å². The van der Waals surface area contributed by atoms with Gasteiger partial charge >= 0.3 is 0 Å². The summed E-state index contributed by atoms with van der Waals surface area (Å²) in [5.74, 6) is -0.848. The van der Waals surface area contributed by atoms with Crippen molar-refractivity contribution in [3.63, 3.8) is 0 Å². The lowest BCUT2D eigenvalue weighted by Crippen LogP contribution is -2.26. The fraction of sp³-hybridized carbons (Fsp3) is 0.176. The first-order valence-electron chi connectivity index (χ1n) is 7.54.